The van der Waals surface area contributed by atoms with E-state index < -0.39 is 5.97 Å². The predicted octanol–water partition coefficient (Wildman–Crippen LogP) is 2.11. The molecule has 2 rings (SSSR count). The summed E-state index contributed by atoms with van der Waals surface area (Å²) < 4.78 is 5.02. The van der Waals surface area contributed by atoms with Crippen LogP contribution in [0.1, 0.15) is 29.6 Å². The summed E-state index contributed by atoms with van der Waals surface area (Å²) in [6.45, 7) is 0. The molecule has 0 bridgehead atoms. The number of nitrogens with two attached hydrogens (primary N) is 1. The summed E-state index contributed by atoms with van der Waals surface area (Å²) in [7, 11) is 1.36. The van der Waals surface area contributed by atoms with Crippen LogP contribution < -0.4 is 15.8 Å². The second kappa shape index (κ2) is 6.32. The number of benzene rings is 1. The Labute approximate surface area is 127 Å². The highest BCUT2D eigenvalue weighted by atomic mass is 35.5. The van der Waals surface area contributed by atoms with Crippen molar-refractivity contribution in [1.82, 2.24) is 0 Å². The van der Waals surface area contributed by atoms with Crippen molar-refractivity contribution in [2.75, 3.05) is 12.4 Å². The summed E-state index contributed by atoms with van der Waals surface area (Å²) in [5.41, 5.74) is 6.16. The lowest BCUT2D eigenvalue weighted by molar-refractivity contribution is -0.120. The average molecular weight is 313 g/mol. The summed E-state index contributed by atoms with van der Waals surface area (Å²) in [4.78, 5) is 23.3. The van der Waals surface area contributed by atoms with Gasteiger partial charge in [0.15, 0.2) is 0 Å². The number of hydrogen-bond donors (Lipinski definition) is 3. The van der Waals surface area contributed by atoms with Gasteiger partial charge in [0.05, 0.1) is 23.7 Å². The fourth-order valence-electron chi connectivity index (χ4n) is 2.52. The first-order chi connectivity index (χ1) is 9.93. The van der Waals surface area contributed by atoms with Gasteiger partial charge in [0, 0.05) is 12.1 Å². The number of carbonyl (C=O) groups excluding carboxylic acids is 1. The van der Waals surface area contributed by atoms with Crippen molar-refractivity contribution < 1.29 is 19.4 Å². The van der Waals surface area contributed by atoms with Crippen LogP contribution in [0.15, 0.2) is 12.1 Å². The van der Waals surface area contributed by atoms with Gasteiger partial charge in [-0.3, -0.25) is 4.79 Å². The fraction of sp³-hybridized carbons (Fsp3) is 0.429. The molecule has 1 saturated carbocycles. The summed E-state index contributed by atoms with van der Waals surface area (Å²) in [5, 5.41) is 11.9. The zero-order chi connectivity index (χ0) is 15.6. The standard InChI is InChI=1S/C14H17ClN2O4/c1-21-12-6-11(9(15)5-8(12)14(19)20)17-13(18)7-3-2-4-10(7)16/h5-7,10H,2-4,16H2,1H3,(H,17,18)(H,19,20). The number of rotatable bonds is 4. The number of amides is 1. The van der Waals surface area contributed by atoms with Crippen molar-refractivity contribution in [2.45, 2.75) is 25.3 Å². The van der Waals surface area contributed by atoms with Crippen LogP contribution in [0.2, 0.25) is 5.02 Å². The van der Waals surface area contributed by atoms with E-state index in [2.05, 4.69) is 5.32 Å². The van der Waals surface area contributed by atoms with Crippen LogP contribution in [0.4, 0.5) is 5.69 Å². The summed E-state index contributed by atoms with van der Waals surface area (Å²) in [6, 6.07) is 2.51. The lowest BCUT2D eigenvalue weighted by Gasteiger charge is -2.17. The van der Waals surface area contributed by atoms with Crippen molar-refractivity contribution in [3.8, 4) is 5.75 Å². The molecule has 0 aliphatic heterocycles. The minimum atomic E-state index is -1.15. The maximum Gasteiger partial charge on any atom is 0.339 e. The number of carbonyl (C=O) groups is 2. The molecule has 0 heterocycles. The van der Waals surface area contributed by atoms with Gasteiger partial charge in [-0.25, -0.2) is 4.79 Å². The van der Waals surface area contributed by atoms with E-state index in [9.17, 15) is 9.59 Å². The highest BCUT2D eigenvalue weighted by molar-refractivity contribution is 6.34. The summed E-state index contributed by atoms with van der Waals surface area (Å²) >= 11 is 6.02. The molecule has 4 N–H and O–H groups in total. The van der Waals surface area contributed by atoms with E-state index in [4.69, 9.17) is 27.2 Å². The molecule has 1 aliphatic rings. The van der Waals surface area contributed by atoms with Gasteiger partial charge < -0.3 is 20.9 Å². The van der Waals surface area contributed by atoms with E-state index >= 15 is 0 Å². The van der Waals surface area contributed by atoms with Crippen LogP contribution >= 0.6 is 11.6 Å². The third-order valence-electron chi connectivity index (χ3n) is 3.68. The molecular weight excluding hydrogens is 296 g/mol. The van der Waals surface area contributed by atoms with E-state index in [1.54, 1.807) is 0 Å². The Morgan fingerprint density at radius 1 is 1.43 bits per heavy atom. The Kier molecular flexibility index (Phi) is 4.69. The van der Waals surface area contributed by atoms with Gasteiger partial charge in [0.1, 0.15) is 11.3 Å². The Bertz CT molecular complexity index is 576. The van der Waals surface area contributed by atoms with Crippen molar-refractivity contribution in [2.24, 2.45) is 11.7 Å². The van der Waals surface area contributed by atoms with Crippen molar-refractivity contribution in [1.29, 1.82) is 0 Å². The van der Waals surface area contributed by atoms with Gasteiger partial charge in [-0.15, -0.1) is 0 Å². The summed E-state index contributed by atoms with van der Waals surface area (Å²) in [6.07, 6.45) is 2.50. The smallest absolute Gasteiger partial charge is 0.339 e. The minimum Gasteiger partial charge on any atom is -0.496 e. The third-order valence-corrected chi connectivity index (χ3v) is 4.00. The number of methoxy groups -OCH3 is 1. The second-order valence-corrected chi connectivity index (χ2v) is 5.44. The van der Waals surface area contributed by atoms with Crippen LogP contribution in [0.3, 0.4) is 0 Å². The van der Waals surface area contributed by atoms with Crippen LogP contribution in [-0.4, -0.2) is 30.1 Å². The number of nitrogens with one attached hydrogen (secondary N) is 1. The molecule has 7 heteroatoms. The number of aromatic carboxylic acids is 1. The third kappa shape index (κ3) is 3.28. The number of carboxylic acid groups (broad SMARTS) is 1. The number of halogens is 1. The molecule has 0 aromatic heterocycles. The first-order valence-corrected chi connectivity index (χ1v) is 6.99. The van der Waals surface area contributed by atoms with Crippen LogP contribution in [0, 0.1) is 5.92 Å². The zero-order valence-electron chi connectivity index (χ0n) is 11.6. The quantitative estimate of drug-likeness (QED) is 0.790. The maximum absolute atomic E-state index is 12.2. The Hall–Kier alpha value is -1.79. The molecule has 1 aromatic carbocycles. The minimum absolute atomic E-state index is 0.0573. The topological polar surface area (TPSA) is 102 Å². The van der Waals surface area contributed by atoms with Crippen LogP contribution in [-0.2, 0) is 4.79 Å². The summed E-state index contributed by atoms with van der Waals surface area (Å²) in [5.74, 6) is -1.46. The molecule has 6 nitrogen and oxygen atoms in total. The Morgan fingerprint density at radius 3 is 2.67 bits per heavy atom. The fourth-order valence-corrected chi connectivity index (χ4v) is 2.74. The zero-order valence-corrected chi connectivity index (χ0v) is 12.3. The van der Waals surface area contributed by atoms with Gasteiger partial charge in [-0.1, -0.05) is 18.0 Å². The Morgan fingerprint density at radius 2 is 2.14 bits per heavy atom. The maximum atomic E-state index is 12.2. The molecule has 0 saturated heterocycles. The molecule has 1 aromatic rings. The Balaban J connectivity index is 2.24. The molecule has 1 amide bonds. The number of ether oxygens (including phenoxy) is 1. The molecule has 1 fully saturated rings. The molecule has 114 valence electrons. The van der Waals surface area contributed by atoms with E-state index in [-0.39, 0.29) is 34.2 Å². The van der Waals surface area contributed by atoms with Crippen molar-refractivity contribution >= 4 is 29.2 Å². The molecule has 0 radical (unpaired) electrons. The molecule has 2 atom stereocenters. The first-order valence-electron chi connectivity index (χ1n) is 6.61. The SMILES string of the molecule is COc1cc(NC(=O)C2CCCC2N)c(Cl)cc1C(=O)O. The normalized spacial score (nSPS) is 21.1. The average Bonchev–Trinajstić information content (AvgIpc) is 2.86. The number of hydrogen-bond acceptors (Lipinski definition) is 4. The van der Waals surface area contributed by atoms with Crippen molar-refractivity contribution in [3.63, 3.8) is 0 Å². The number of anilines is 1. The highest BCUT2D eigenvalue weighted by Crippen LogP contribution is 2.32. The first kappa shape index (κ1) is 15.6. The monoisotopic (exact) mass is 312 g/mol. The molecular formula is C14H17ClN2O4. The predicted molar refractivity (Wildman–Crippen MR) is 78.9 cm³/mol. The lowest BCUT2D eigenvalue weighted by atomic mass is 10.0. The van der Waals surface area contributed by atoms with Gasteiger partial charge in [-0.2, -0.15) is 0 Å². The highest BCUT2D eigenvalue weighted by Gasteiger charge is 2.30. The van der Waals surface area contributed by atoms with Gasteiger partial charge in [-0.05, 0) is 18.9 Å². The van der Waals surface area contributed by atoms with Gasteiger partial charge in [0.25, 0.3) is 0 Å². The molecule has 0 spiro atoms. The van der Waals surface area contributed by atoms with Crippen LogP contribution in [0.5, 0.6) is 5.75 Å². The lowest BCUT2D eigenvalue weighted by Crippen LogP contribution is -2.34. The van der Waals surface area contributed by atoms with Crippen molar-refractivity contribution in [3.05, 3.63) is 22.7 Å². The van der Waals surface area contributed by atoms with E-state index in [1.165, 1.54) is 19.2 Å². The van der Waals surface area contributed by atoms with E-state index in [0.29, 0.717) is 5.69 Å². The van der Waals surface area contributed by atoms with Crippen LogP contribution in [0.25, 0.3) is 0 Å². The van der Waals surface area contributed by atoms with Gasteiger partial charge in [0.2, 0.25) is 5.91 Å². The van der Waals surface area contributed by atoms with Gasteiger partial charge >= 0.3 is 5.97 Å². The largest absolute Gasteiger partial charge is 0.496 e. The van der Waals surface area contributed by atoms with E-state index in [0.717, 1.165) is 19.3 Å². The molecule has 21 heavy (non-hydrogen) atoms. The molecule has 2 unspecified atom stereocenters. The number of carboxylic acids is 1. The van der Waals surface area contributed by atoms with E-state index in [1.807, 2.05) is 0 Å². The second-order valence-electron chi connectivity index (χ2n) is 5.03. The molecule has 1 aliphatic carbocycles.